The highest BCUT2D eigenvalue weighted by Crippen LogP contribution is 2.34. The molecule has 0 fully saturated rings. The second-order valence-electron chi connectivity index (χ2n) is 4.39. The van der Waals surface area contributed by atoms with Crippen LogP contribution < -0.4 is 15.2 Å². The van der Waals surface area contributed by atoms with Crippen LogP contribution in [-0.4, -0.2) is 33.1 Å². The zero-order valence-corrected chi connectivity index (χ0v) is 10.5. The highest BCUT2D eigenvalue weighted by molar-refractivity contribution is 5.83. The summed E-state index contributed by atoms with van der Waals surface area (Å²) in [5.41, 5.74) is 7.96. The van der Waals surface area contributed by atoms with Crippen molar-refractivity contribution in [2.45, 2.75) is 0 Å². The van der Waals surface area contributed by atoms with Crippen molar-refractivity contribution in [3.63, 3.8) is 0 Å². The Kier molecular flexibility index (Phi) is 2.26. The summed E-state index contributed by atoms with van der Waals surface area (Å²) in [4.78, 5) is 15.9. The van der Waals surface area contributed by atoms with Crippen molar-refractivity contribution in [1.82, 2.24) is 19.9 Å². The number of fused-ring (bicyclic) bond motifs is 2. The number of benzene rings is 1. The van der Waals surface area contributed by atoms with E-state index in [1.165, 1.54) is 0 Å². The lowest BCUT2D eigenvalue weighted by Gasteiger charge is -2.17. The fourth-order valence-electron chi connectivity index (χ4n) is 2.19. The number of anilines is 1. The summed E-state index contributed by atoms with van der Waals surface area (Å²) in [6.07, 6.45) is 3.12. The maximum absolute atomic E-state index is 5.81. The summed E-state index contributed by atoms with van der Waals surface area (Å²) < 4.78 is 11.1. The van der Waals surface area contributed by atoms with Crippen LogP contribution in [0, 0.1) is 0 Å². The van der Waals surface area contributed by atoms with Crippen LogP contribution in [0.25, 0.3) is 22.6 Å². The summed E-state index contributed by atoms with van der Waals surface area (Å²) >= 11 is 0. The molecule has 100 valence electrons. The van der Waals surface area contributed by atoms with Crippen molar-refractivity contribution < 1.29 is 9.47 Å². The third-order valence-corrected chi connectivity index (χ3v) is 3.10. The summed E-state index contributed by atoms with van der Waals surface area (Å²) in [6.45, 7) is 1.10. The van der Waals surface area contributed by atoms with E-state index in [1.807, 2.05) is 12.1 Å². The molecule has 1 aromatic carbocycles. The molecule has 0 aliphatic carbocycles. The molecule has 3 heterocycles. The van der Waals surface area contributed by atoms with Gasteiger partial charge in [-0.05, 0) is 0 Å². The Morgan fingerprint density at radius 3 is 2.60 bits per heavy atom. The normalized spacial score (nSPS) is 13.6. The van der Waals surface area contributed by atoms with Gasteiger partial charge in [0.2, 0.25) is 0 Å². The van der Waals surface area contributed by atoms with Crippen molar-refractivity contribution >= 4 is 16.9 Å². The first-order chi connectivity index (χ1) is 9.81. The zero-order valence-electron chi connectivity index (χ0n) is 10.5. The lowest BCUT2D eigenvalue weighted by Crippen LogP contribution is -2.15. The Labute approximate surface area is 113 Å². The van der Waals surface area contributed by atoms with Gasteiger partial charge in [0.1, 0.15) is 18.9 Å². The minimum absolute atomic E-state index is 0.337. The largest absolute Gasteiger partial charge is 0.486 e. The predicted molar refractivity (Wildman–Crippen MR) is 72.5 cm³/mol. The number of H-pyrrole nitrogens is 1. The van der Waals surface area contributed by atoms with Crippen molar-refractivity contribution in [3.05, 3.63) is 24.5 Å². The van der Waals surface area contributed by atoms with Crippen LogP contribution in [0.1, 0.15) is 0 Å². The molecule has 7 heteroatoms. The number of aromatic nitrogens is 4. The van der Waals surface area contributed by atoms with Gasteiger partial charge in [-0.1, -0.05) is 0 Å². The zero-order chi connectivity index (χ0) is 13.5. The molecule has 0 atom stereocenters. The molecule has 0 spiro atoms. The number of nitrogens with two attached hydrogens (primary N) is 1. The molecule has 0 unspecified atom stereocenters. The Morgan fingerprint density at radius 2 is 1.80 bits per heavy atom. The van der Waals surface area contributed by atoms with Gasteiger partial charge in [-0.25, -0.2) is 15.0 Å². The fourth-order valence-corrected chi connectivity index (χ4v) is 2.19. The molecule has 20 heavy (non-hydrogen) atoms. The van der Waals surface area contributed by atoms with E-state index in [0.717, 1.165) is 11.0 Å². The van der Waals surface area contributed by atoms with E-state index in [1.54, 1.807) is 12.4 Å². The SMILES string of the molecule is Nc1nccnc1-c1nc2cc3c(cc2[nH]1)OCCO3. The number of hydrogen-bond acceptors (Lipinski definition) is 6. The molecule has 4 rings (SSSR count). The number of imidazole rings is 1. The van der Waals surface area contributed by atoms with Crippen LogP contribution in [0.4, 0.5) is 5.82 Å². The molecular weight excluding hydrogens is 258 g/mol. The van der Waals surface area contributed by atoms with Crippen LogP contribution in [-0.2, 0) is 0 Å². The van der Waals surface area contributed by atoms with Gasteiger partial charge in [0.05, 0.1) is 11.0 Å². The Balaban J connectivity index is 1.89. The predicted octanol–water partition coefficient (Wildman–Crippen LogP) is 1.37. The van der Waals surface area contributed by atoms with Crippen molar-refractivity contribution in [2.24, 2.45) is 0 Å². The van der Waals surface area contributed by atoms with E-state index in [0.29, 0.717) is 42.0 Å². The first-order valence-electron chi connectivity index (χ1n) is 6.17. The molecular formula is C13H11N5O2. The molecule has 7 nitrogen and oxygen atoms in total. The minimum atomic E-state index is 0.337. The number of ether oxygens (including phenoxy) is 2. The molecule has 0 bridgehead atoms. The average molecular weight is 269 g/mol. The van der Waals surface area contributed by atoms with Gasteiger partial charge < -0.3 is 20.2 Å². The van der Waals surface area contributed by atoms with Gasteiger partial charge in [-0.3, -0.25) is 0 Å². The summed E-state index contributed by atoms with van der Waals surface area (Å²) in [6, 6.07) is 3.71. The topological polar surface area (TPSA) is 98.9 Å². The molecule has 0 radical (unpaired) electrons. The molecule has 0 saturated heterocycles. The van der Waals surface area contributed by atoms with Gasteiger partial charge >= 0.3 is 0 Å². The van der Waals surface area contributed by atoms with Gasteiger partial charge in [0.25, 0.3) is 0 Å². The molecule has 3 aromatic rings. The van der Waals surface area contributed by atoms with Gasteiger partial charge in [0, 0.05) is 24.5 Å². The number of hydrogen-bond donors (Lipinski definition) is 2. The molecule has 3 N–H and O–H groups in total. The highest BCUT2D eigenvalue weighted by atomic mass is 16.6. The number of aromatic amines is 1. The molecule has 0 amide bonds. The maximum Gasteiger partial charge on any atom is 0.163 e. The van der Waals surface area contributed by atoms with Crippen LogP contribution in [0.3, 0.4) is 0 Å². The number of rotatable bonds is 1. The lowest BCUT2D eigenvalue weighted by atomic mass is 10.2. The molecule has 1 aliphatic rings. The molecule has 0 saturated carbocycles. The first-order valence-corrected chi connectivity index (χ1v) is 6.17. The summed E-state index contributed by atoms with van der Waals surface area (Å²) in [5, 5.41) is 0. The Morgan fingerprint density at radius 1 is 1.05 bits per heavy atom. The smallest absolute Gasteiger partial charge is 0.163 e. The molecule has 2 aromatic heterocycles. The number of nitrogens with one attached hydrogen (secondary N) is 1. The van der Waals surface area contributed by atoms with E-state index in [4.69, 9.17) is 15.2 Å². The van der Waals surface area contributed by atoms with Gasteiger partial charge in [-0.15, -0.1) is 0 Å². The van der Waals surface area contributed by atoms with Crippen LogP contribution in [0.2, 0.25) is 0 Å². The fraction of sp³-hybridized carbons (Fsp3) is 0.154. The van der Waals surface area contributed by atoms with Crippen LogP contribution in [0.15, 0.2) is 24.5 Å². The lowest BCUT2D eigenvalue weighted by molar-refractivity contribution is 0.172. The van der Waals surface area contributed by atoms with E-state index in [2.05, 4.69) is 19.9 Å². The Bertz CT molecular complexity index is 756. The average Bonchev–Trinajstić information content (AvgIpc) is 2.87. The molecule has 1 aliphatic heterocycles. The first kappa shape index (κ1) is 11.0. The summed E-state index contributed by atoms with van der Waals surface area (Å²) in [7, 11) is 0. The minimum Gasteiger partial charge on any atom is -0.486 e. The van der Waals surface area contributed by atoms with Crippen LogP contribution >= 0.6 is 0 Å². The second-order valence-corrected chi connectivity index (χ2v) is 4.39. The van der Waals surface area contributed by atoms with Crippen LogP contribution in [0.5, 0.6) is 11.5 Å². The summed E-state index contributed by atoms with van der Waals surface area (Å²) in [5.74, 6) is 2.33. The van der Waals surface area contributed by atoms with E-state index >= 15 is 0 Å². The Hall–Kier alpha value is -2.83. The monoisotopic (exact) mass is 269 g/mol. The van der Waals surface area contributed by atoms with E-state index in [-0.39, 0.29) is 0 Å². The second kappa shape index (κ2) is 4.09. The number of nitrogens with zero attached hydrogens (tertiary/aromatic N) is 3. The van der Waals surface area contributed by atoms with Gasteiger partial charge in [-0.2, -0.15) is 0 Å². The quantitative estimate of drug-likeness (QED) is 0.692. The van der Waals surface area contributed by atoms with Crippen molar-refractivity contribution in [3.8, 4) is 23.0 Å². The third-order valence-electron chi connectivity index (χ3n) is 3.10. The van der Waals surface area contributed by atoms with E-state index < -0.39 is 0 Å². The maximum atomic E-state index is 5.81. The van der Waals surface area contributed by atoms with Crippen molar-refractivity contribution in [1.29, 1.82) is 0 Å². The number of nitrogen functional groups attached to an aromatic ring is 1. The third kappa shape index (κ3) is 1.63. The highest BCUT2D eigenvalue weighted by Gasteiger charge is 2.16. The van der Waals surface area contributed by atoms with Crippen molar-refractivity contribution in [2.75, 3.05) is 18.9 Å². The van der Waals surface area contributed by atoms with E-state index in [9.17, 15) is 0 Å². The van der Waals surface area contributed by atoms with Gasteiger partial charge in [0.15, 0.2) is 23.1 Å². The standard InChI is InChI=1S/C13H11N5O2/c14-12-11(15-1-2-16-12)13-17-7-5-9-10(6-8(7)18-13)20-4-3-19-9/h1-2,5-6H,3-4H2,(H2,14,16)(H,17,18).